The van der Waals surface area contributed by atoms with Gasteiger partial charge in [0.15, 0.2) is 0 Å². The zero-order chi connectivity index (χ0) is 13.1. The van der Waals surface area contributed by atoms with E-state index in [0.29, 0.717) is 17.1 Å². The monoisotopic (exact) mass is 296 g/mol. The molecule has 0 N–H and O–H groups in total. The molecule has 0 spiro atoms. The third-order valence-electron chi connectivity index (χ3n) is 2.51. The Bertz CT molecular complexity index is 601. The molecular formula is C13H10Cl2N2S. The van der Waals surface area contributed by atoms with E-state index in [2.05, 4.69) is 6.07 Å². The summed E-state index contributed by atoms with van der Waals surface area (Å²) in [5, 5.41) is 9.68. The van der Waals surface area contributed by atoms with Gasteiger partial charge in [-0.2, -0.15) is 5.26 Å². The lowest BCUT2D eigenvalue weighted by molar-refractivity contribution is 0.938. The van der Waals surface area contributed by atoms with E-state index in [1.165, 1.54) is 0 Å². The van der Waals surface area contributed by atoms with E-state index in [0.717, 1.165) is 14.9 Å². The quantitative estimate of drug-likeness (QED) is 0.830. The molecule has 0 aliphatic heterocycles. The fraction of sp³-hybridized carbons (Fsp3) is 0.154. The van der Waals surface area contributed by atoms with Gasteiger partial charge >= 0.3 is 0 Å². The predicted octanol–water partition coefficient (Wildman–Crippen LogP) is 4.56. The minimum absolute atomic E-state index is 0.572. The molecule has 0 saturated heterocycles. The highest BCUT2D eigenvalue weighted by atomic mass is 35.5. The number of rotatable bonds is 3. The van der Waals surface area contributed by atoms with Crippen molar-refractivity contribution in [3.8, 4) is 6.07 Å². The molecule has 18 heavy (non-hydrogen) atoms. The molecule has 0 unspecified atom stereocenters. The lowest BCUT2D eigenvalue weighted by Crippen LogP contribution is -2.16. The third kappa shape index (κ3) is 2.97. The molecule has 1 heterocycles. The zero-order valence-electron chi connectivity index (χ0n) is 9.65. The average Bonchev–Trinajstić information content (AvgIpc) is 2.74. The summed E-state index contributed by atoms with van der Waals surface area (Å²) in [5.41, 5.74) is 1.44. The van der Waals surface area contributed by atoms with E-state index >= 15 is 0 Å². The number of thiophene rings is 1. The van der Waals surface area contributed by atoms with Gasteiger partial charge in [-0.05, 0) is 30.3 Å². The highest BCUT2D eigenvalue weighted by Crippen LogP contribution is 2.27. The molecule has 0 bridgehead atoms. The van der Waals surface area contributed by atoms with Crippen molar-refractivity contribution in [2.45, 2.75) is 6.54 Å². The van der Waals surface area contributed by atoms with Crippen molar-refractivity contribution in [1.82, 2.24) is 0 Å². The molecule has 1 aromatic heterocycles. The molecule has 0 atom stereocenters. The third-order valence-corrected chi connectivity index (χ3v) is 3.96. The standard InChI is InChI=1S/C13H10Cl2N2S/c1-17(8-11-3-5-13(15)18-11)12-4-2-10(14)6-9(12)7-16/h2-6H,8H2,1H3. The number of halogens is 2. The second-order valence-electron chi connectivity index (χ2n) is 3.84. The summed E-state index contributed by atoms with van der Waals surface area (Å²) in [6, 6.07) is 11.3. The first-order valence-corrected chi connectivity index (χ1v) is 6.82. The normalized spacial score (nSPS) is 10.1. The average molecular weight is 297 g/mol. The molecule has 0 aliphatic rings. The van der Waals surface area contributed by atoms with Crippen molar-refractivity contribution in [3.05, 3.63) is 50.1 Å². The molecule has 2 rings (SSSR count). The first-order chi connectivity index (χ1) is 8.60. The highest BCUT2D eigenvalue weighted by molar-refractivity contribution is 7.16. The first-order valence-electron chi connectivity index (χ1n) is 5.25. The van der Waals surface area contributed by atoms with Crippen molar-refractivity contribution in [3.63, 3.8) is 0 Å². The Hall–Kier alpha value is -1.21. The van der Waals surface area contributed by atoms with Gasteiger partial charge < -0.3 is 4.90 Å². The maximum absolute atomic E-state index is 9.11. The Balaban J connectivity index is 2.24. The van der Waals surface area contributed by atoms with Crippen molar-refractivity contribution in [2.24, 2.45) is 0 Å². The summed E-state index contributed by atoms with van der Waals surface area (Å²) in [6.07, 6.45) is 0. The molecule has 0 aliphatic carbocycles. The Morgan fingerprint density at radius 2 is 2.06 bits per heavy atom. The minimum Gasteiger partial charge on any atom is -0.368 e. The van der Waals surface area contributed by atoms with Crippen LogP contribution in [0.25, 0.3) is 0 Å². The van der Waals surface area contributed by atoms with Crippen LogP contribution in [0.4, 0.5) is 5.69 Å². The van der Waals surface area contributed by atoms with Crippen molar-refractivity contribution < 1.29 is 0 Å². The van der Waals surface area contributed by atoms with E-state index in [1.807, 2.05) is 30.1 Å². The van der Waals surface area contributed by atoms with E-state index in [1.54, 1.807) is 23.5 Å². The van der Waals surface area contributed by atoms with Gasteiger partial charge in [-0.25, -0.2) is 0 Å². The van der Waals surface area contributed by atoms with Gasteiger partial charge in [0.2, 0.25) is 0 Å². The second kappa shape index (κ2) is 5.62. The molecule has 2 nitrogen and oxygen atoms in total. The zero-order valence-corrected chi connectivity index (χ0v) is 12.0. The van der Waals surface area contributed by atoms with Crippen LogP contribution >= 0.6 is 34.5 Å². The summed E-state index contributed by atoms with van der Waals surface area (Å²) >= 11 is 13.3. The van der Waals surface area contributed by atoms with Crippen LogP contribution in [-0.4, -0.2) is 7.05 Å². The topological polar surface area (TPSA) is 27.0 Å². The van der Waals surface area contributed by atoms with E-state index in [-0.39, 0.29) is 0 Å². The SMILES string of the molecule is CN(Cc1ccc(Cl)s1)c1ccc(Cl)cc1C#N. The van der Waals surface area contributed by atoms with Crippen LogP contribution in [0.1, 0.15) is 10.4 Å². The van der Waals surface area contributed by atoms with Crippen LogP contribution < -0.4 is 4.90 Å². The predicted molar refractivity (Wildman–Crippen MR) is 77.6 cm³/mol. The number of nitrogens with zero attached hydrogens (tertiary/aromatic N) is 2. The number of benzene rings is 1. The van der Waals surface area contributed by atoms with Gasteiger partial charge in [0.25, 0.3) is 0 Å². The van der Waals surface area contributed by atoms with E-state index in [4.69, 9.17) is 28.5 Å². The lowest BCUT2D eigenvalue weighted by Gasteiger charge is -2.19. The lowest BCUT2D eigenvalue weighted by atomic mass is 10.2. The molecule has 92 valence electrons. The van der Waals surface area contributed by atoms with Crippen molar-refractivity contribution >= 4 is 40.2 Å². The Labute approximate surface area is 120 Å². The van der Waals surface area contributed by atoms with Crippen molar-refractivity contribution in [2.75, 3.05) is 11.9 Å². The van der Waals surface area contributed by atoms with Gasteiger partial charge in [0.05, 0.1) is 22.1 Å². The van der Waals surface area contributed by atoms with E-state index in [9.17, 15) is 0 Å². The fourth-order valence-electron chi connectivity index (χ4n) is 1.69. The van der Waals surface area contributed by atoms with Gasteiger partial charge in [0, 0.05) is 16.9 Å². The molecular weight excluding hydrogens is 287 g/mol. The summed E-state index contributed by atoms with van der Waals surface area (Å²) < 4.78 is 0.773. The van der Waals surface area contributed by atoms with E-state index < -0.39 is 0 Å². The number of nitriles is 1. The summed E-state index contributed by atoms with van der Waals surface area (Å²) in [5.74, 6) is 0. The molecule has 0 amide bonds. The first kappa shape index (κ1) is 13.2. The molecule has 0 fully saturated rings. The largest absolute Gasteiger partial charge is 0.368 e. The van der Waals surface area contributed by atoms with Crippen LogP contribution in [0.15, 0.2) is 30.3 Å². The van der Waals surface area contributed by atoms with Crippen LogP contribution in [0.5, 0.6) is 0 Å². The van der Waals surface area contributed by atoms with Crippen LogP contribution in [-0.2, 0) is 6.54 Å². The Morgan fingerprint density at radius 3 is 2.67 bits per heavy atom. The van der Waals surface area contributed by atoms with Crippen molar-refractivity contribution in [1.29, 1.82) is 5.26 Å². The number of anilines is 1. The van der Waals surface area contributed by atoms with Crippen LogP contribution in [0, 0.1) is 11.3 Å². The number of hydrogen-bond acceptors (Lipinski definition) is 3. The van der Waals surface area contributed by atoms with Gasteiger partial charge in [-0.1, -0.05) is 23.2 Å². The Morgan fingerprint density at radius 1 is 1.28 bits per heavy atom. The highest BCUT2D eigenvalue weighted by Gasteiger charge is 2.09. The molecule has 1 aromatic carbocycles. The molecule has 2 aromatic rings. The molecule has 0 saturated carbocycles. The Kier molecular flexibility index (Phi) is 4.13. The fourth-order valence-corrected chi connectivity index (χ4v) is 3.00. The molecule has 0 radical (unpaired) electrons. The summed E-state index contributed by atoms with van der Waals surface area (Å²) in [7, 11) is 1.94. The van der Waals surface area contributed by atoms with Crippen LogP contribution in [0.3, 0.4) is 0 Å². The smallest absolute Gasteiger partial charge is 0.101 e. The summed E-state index contributed by atoms with van der Waals surface area (Å²) in [6.45, 7) is 0.716. The summed E-state index contributed by atoms with van der Waals surface area (Å²) in [4.78, 5) is 3.16. The van der Waals surface area contributed by atoms with Gasteiger partial charge in [0.1, 0.15) is 6.07 Å². The minimum atomic E-state index is 0.572. The maximum Gasteiger partial charge on any atom is 0.101 e. The van der Waals surface area contributed by atoms with Gasteiger partial charge in [-0.15, -0.1) is 11.3 Å². The van der Waals surface area contributed by atoms with Crippen LogP contribution in [0.2, 0.25) is 9.36 Å². The molecule has 5 heteroatoms. The maximum atomic E-state index is 9.11. The van der Waals surface area contributed by atoms with Gasteiger partial charge in [-0.3, -0.25) is 0 Å². The second-order valence-corrected chi connectivity index (χ2v) is 6.07. The number of hydrogen-bond donors (Lipinski definition) is 0.